The number of fused-ring (bicyclic) bond motifs is 3. The number of pyridine rings is 1. The molecule has 0 saturated carbocycles. The molecule has 2 aromatic heterocycles. The Labute approximate surface area is 136 Å². The maximum absolute atomic E-state index is 6.38. The molecule has 0 aliphatic heterocycles. The van der Waals surface area contributed by atoms with E-state index < -0.39 is 0 Å². The second-order valence-corrected chi connectivity index (χ2v) is 6.02. The van der Waals surface area contributed by atoms with Crippen molar-refractivity contribution >= 4 is 45.0 Å². The first-order valence-corrected chi connectivity index (χ1v) is 7.59. The Morgan fingerprint density at radius 3 is 2.50 bits per heavy atom. The molecule has 4 aromatic rings. The number of aromatic nitrogens is 3. The minimum Gasteiger partial charge on any atom is -0.280 e. The van der Waals surface area contributed by atoms with Gasteiger partial charge in [0.2, 0.25) is 0 Å². The van der Waals surface area contributed by atoms with Crippen molar-refractivity contribution in [1.82, 2.24) is 15.2 Å². The second kappa shape index (κ2) is 4.97. The number of aromatic amines is 1. The zero-order chi connectivity index (χ0) is 15.3. The van der Waals surface area contributed by atoms with E-state index in [1.807, 2.05) is 43.3 Å². The number of aryl methyl sites for hydroxylation is 1. The Hall–Kier alpha value is -2.10. The molecule has 0 aliphatic rings. The predicted octanol–water partition coefficient (Wildman–Crippen LogP) is 5.39. The molecule has 3 nitrogen and oxygen atoms in total. The van der Waals surface area contributed by atoms with Crippen molar-refractivity contribution in [3.05, 3.63) is 58.2 Å². The van der Waals surface area contributed by atoms with E-state index in [9.17, 15) is 0 Å². The number of rotatable bonds is 1. The highest BCUT2D eigenvalue weighted by atomic mass is 35.5. The van der Waals surface area contributed by atoms with Crippen molar-refractivity contribution in [2.45, 2.75) is 6.92 Å². The van der Waals surface area contributed by atoms with Gasteiger partial charge in [0, 0.05) is 21.4 Å². The Balaban J connectivity index is 2.17. The summed E-state index contributed by atoms with van der Waals surface area (Å²) >= 11 is 12.4. The molecule has 0 saturated heterocycles. The molecular formula is C17H11Cl2N3. The molecule has 0 aliphatic carbocycles. The molecule has 0 atom stereocenters. The first-order valence-electron chi connectivity index (χ1n) is 6.84. The quantitative estimate of drug-likeness (QED) is 0.509. The van der Waals surface area contributed by atoms with Crippen molar-refractivity contribution in [3.8, 4) is 11.3 Å². The minimum absolute atomic E-state index is 0.589. The molecule has 5 heteroatoms. The summed E-state index contributed by atoms with van der Waals surface area (Å²) < 4.78 is 0. The molecule has 0 fully saturated rings. The van der Waals surface area contributed by atoms with E-state index in [-0.39, 0.29) is 0 Å². The molecule has 1 N–H and O–H groups in total. The van der Waals surface area contributed by atoms with Crippen LogP contribution in [0.5, 0.6) is 0 Å². The summed E-state index contributed by atoms with van der Waals surface area (Å²) in [5, 5.41) is 10.7. The van der Waals surface area contributed by atoms with Crippen molar-refractivity contribution in [3.63, 3.8) is 0 Å². The van der Waals surface area contributed by atoms with E-state index in [0.717, 1.165) is 38.8 Å². The third kappa shape index (κ3) is 1.97. The zero-order valence-electron chi connectivity index (χ0n) is 11.7. The van der Waals surface area contributed by atoms with Crippen LogP contribution in [0.25, 0.3) is 33.1 Å². The Morgan fingerprint density at radius 1 is 0.955 bits per heavy atom. The zero-order valence-corrected chi connectivity index (χ0v) is 13.2. The van der Waals surface area contributed by atoms with Gasteiger partial charge in [0.25, 0.3) is 0 Å². The van der Waals surface area contributed by atoms with Crippen molar-refractivity contribution in [2.75, 3.05) is 0 Å². The Morgan fingerprint density at radius 2 is 1.73 bits per heavy atom. The van der Waals surface area contributed by atoms with E-state index in [2.05, 4.69) is 10.2 Å². The van der Waals surface area contributed by atoms with Crippen LogP contribution in [0, 0.1) is 6.92 Å². The molecule has 0 bridgehead atoms. The van der Waals surface area contributed by atoms with Crippen molar-refractivity contribution in [2.24, 2.45) is 0 Å². The standard InChI is InChI=1S/C17H11Cl2N3/c1-9-15-17(22-21-9)12-5-3-2-4-11(12)16(20-15)13-7-6-10(18)8-14(13)19/h2-8H,1H3,(H,21,22). The number of nitrogens with zero attached hydrogens (tertiary/aromatic N) is 2. The average molecular weight is 328 g/mol. The summed E-state index contributed by atoms with van der Waals surface area (Å²) in [6.07, 6.45) is 0. The number of nitrogens with one attached hydrogen (secondary N) is 1. The van der Waals surface area contributed by atoms with E-state index in [1.165, 1.54) is 0 Å². The van der Waals surface area contributed by atoms with Gasteiger partial charge in [-0.2, -0.15) is 5.10 Å². The van der Waals surface area contributed by atoms with Gasteiger partial charge < -0.3 is 0 Å². The van der Waals surface area contributed by atoms with Gasteiger partial charge in [0.15, 0.2) is 0 Å². The highest BCUT2D eigenvalue weighted by Crippen LogP contribution is 2.36. The van der Waals surface area contributed by atoms with Gasteiger partial charge in [-0.15, -0.1) is 0 Å². The lowest BCUT2D eigenvalue weighted by Crippen LogP contribution is -1.90. The molecule has 108 valence electrons. The molecule has 0 amide bonds. The fourth-order valence-electron chi connectivity index (χ4n) is 2.70. The van der Waals surface area contributed by atoms with E-state index in [4.69, 9.17) is 28.2 Å². The second-order valence-electron chi connectivity index (χ2n) is 5.18. The van der Waals surface area contributed by atoms with Gasteiger partial charge in [-0.25, -0.2) is 4.98 Å². The van der Waals surface area contributed by atoms with Crippen LogP contribution >= 0.6 is 23.2 Å². The molecule has 2 heterocycles. The summed E-state index contributed by atoms with van der Waals surface area (Å²) in [7, 11) is 0. The molecule has 0 unspecified atom stereocenters. The van der Waals surface area contributed by atoms with Crippen LogP contribution in [0.3, 0.4) is 0 Å². The molecule has 22 heavy (non-hydrogen) atoms. The van der Waals surface area contributed by atoms with Crippen molar-refractivity contribution in [1.29, 1.82) is 0 Å². The number of hydrogen-bond donors (Lipinski definition) is 1. The van der Waals surface area contributed by atoms with Crippen LogP contribution in [0.2, 0.25) is 10.0 Å². The van der Waals surface area contributed by atoms with Gasteiger partial charge >= 0.3 is 0 Å². The van der Waals surface area contributed by atoms with Crippen LogP contribution in [0.4, 0.5) is 0 Å². The topological polar surface area (TPSA) is 41.6 Å². The van der Waals surface area contributed by atoms with Gasteiger partial charge in [0.1, 0.15) is 11.0 Å². The monoisotopic (exact) mass is 327 g/mol. The number of hydrogen-bond acceptors (Lipinski definition) is 2. The van der Waals surface area contributed by atoms with Crippen LogP contribution in [-0.2, 0) is 0 Å². The third-order valence-corrected chi connectivity index (χ3v) is 4.31. The first-order chi connectivity index (χ1) is 10.6. The number of benzene rings is 2. The summed E-state index contributed by atoms with van der Waals surface area (Å²) in [5.41, 5.74) is 4.38. The number of H-pyrrole nitrogens is 1. The molecular weight excluding hydrogens is 317 g/mol. The third-order valence-electron chi connectivity index (χ3n) is 3.76. The lowest BCUT2D eigenvalue weighted by atomic mass is 10.0. The molecule has 4 rings (SSSR count). The van der Waals surface area contributed by atoms with E-state index in [0.29, 0.717) is 10.0 Å². The maximum atomic E-state index is 6.38. The van der Waals surface area contributed by atoms with Crippen LogP contribution < -0.4 is 0 Å². The predicted molar refractivity (Wildman–Crippen MR) is 91.6 cm³/mol. The normalized spacial score (nSPS) is 11.4. The fourth-order valence-corrected chi connectivity index (χ4v) is 3.20. The number of halogens is 2. The average Bonchev–Trinajstić information content (AvgIpc) is 2.88. The van der Waals surface area contributed by atoms with Gasteiger partial charge in [-0.05, 0) is 25.1 Å². The first kappa shape index (κ1) is 13.6. The SMILES string of the molecule is Cc1[nH]nc2c1nc(-c1ccc(Cl)cc1Cl)c1ccccc12. The lowest BCUT2D eigenvalue weighted by Gasteiger charge is -2.09. The maximum Gasteiger partial charge on any atom is 0.119 e. The van der Waals surface area contributed by atoms with E-state index >= 15 is 0 Å². The van der Waals surface area contributed by atoms with Gasteiger partial charge in [-0.1, -0.05) is 47.5 Å². The highest BCUT2D eigenvalue weighted by Gasteiger charge is 2.15. The largest absolute Gasteiger partial charge is 0.280 e. The Bertz CT molecular complexity index is 1020. The smallest absolute Gasteiger partial charge is 0.119 e. The Kier molecular flexibility index (Phi) is 3.06. The van der Waals surface area contributed by atoms with Crippen LogP contribution in [0.1, 0.15) is 5.69 Å². The van der Waals surface area contributed by atoms with Crippen molar-refractivity contribution < 1.29 is 0 Å². The van der Waals surface area contributed by atoms with Crippen LogP contribution in [0.15, 0.2) is 42.5 Å². The summed E-state index contributed by atoms with van der Waals surface area (Å²) in [6.45, 7) is 1.96. The van der Waals surface area contributed by atoms with Crippen LogP contribution in [-0.4, -0.2) is 15.2 Å². The summed E-state index contributed by atoms with van der Waals surface area (Å²) in [4.78, 5) is 4.80. The molecule has 2 aromatic carbocycles. The van der Waals surface area contributed by atoms with Gasteiger partial charge in [-0.3, -0.25) is 5.10 Å². The molecule has 0 spiro atoms. The highest BCUT2D eigenvalue weighted by molar-refractivity contribution is 6.36. The minimum atomic E-state index is 0.589. The fraction of sp³-hybridized carbons (Fsp3) is 0.0588. The summed E-state index contributed by atoms with van der Waals surface area (Å²) in [6, 6.07) is 13.5. The lowest BCUT2D eigenvalue weighted by molar-refractivity contribution is 1.07. The molecule has 0 radical (unpaired) electrons. The van der Waals surface area contributed by atoms with Gasteiger partial charge in [0.05, 0.1) is 16.4 Å². The summed E-state index contributed by atoms with van der Waals surface area (Å²) in [5.74, 6) is 0. The van der Waals surface area contributed by atoms with E-state index in [1.54, 1.807) is 6.07 Å².